The highest BCUT2D eigenvalue weighted by atomic mass is 35.5. The van der Waals surface area contributed by atoms with Crippen LogP contribution >= 0.6 is 23.2 Å². The molecule has 2 rings (SSSR count). The summed E-state index contributed by atoms with van der Waals surface area (Å²) in [4.78, 5) is 11.8. The van der Waals surface area contributed by atoms with Crippen molar-refractivity contribution in [3.8, 4) is 0 Å². The molecule has 1 aromatic carbocycles. The fourth-order valence-electron chi connectivity index (χ4n) is 2.42. The van der Waals surface area contributed by atoms with E-state index in [2.05, 4.69) is 12.2 Å². The first-order valence-electron chi connectivity index (χ1n) is 6.49. The van der Waals surface area contributed by atoms with Crippen LogP contribution in [0.2, 0.25) is 10.0 Å². The molecule has 0 radical (unpaired) electrons. The zero-order chi connectivity index (χ0) is 13.8. The van der Waals surface area contributed by atoms with E-state index < -0.39 is 0 Å². The van der Waals surface area contributed by atoms with Crippen LogP contribution < -0.4 is 5.32 Å². The zero-order valence-corrected chi connectivity index (χ0v) is 12.3. The quantitative estimate of drug-likeness (QED) is 0.828. The average Bonchev–Trinajstić information content (AvgIpc) is 2.74. The number of nitrogens with one attached hydrogen (secondary N) is 1. The second-order valence-electron chi connectivity index (χ2n) is 5.09. The Kier molecular flexibility index (Phi) is 4.89. The van der Waals surface area contributed by atoms with Crippen LogP contribution in [0.3, 0.4) is 0 Å². The summed E-state index contributed by atoms with van der Waals surface area (Å²) in [6.45, 7) is 2.21. The average molecular weight is 298 g/mol. The molecule has 0 saturated heterocycles. The number of hydrogen-bond acceptors (Lipinski definition) is 1. The third kappa shape index (κ3) is 3.99. The van der Waals surface area contributed by atoms with E-state index in [9.17, 15) is 4.79 Å². The Morgan fingerprint density at radius 1 is 1.32 bits per heavy atom. The van der Waals surface area contributed by atoms with E-state index in [-0.39, 0.29) is 5.91 Å². The molecule has 0 heterocycles. The molecule has 1 aromatic rings. The van der Waals surface area contributed by atoms with E-state index in [0.717, 1.165) is 12.8 Å². The minimum atomic E-state index is -0.0879. The van der Waals surface area contributed by atoms with Gasteiger partial charge in [0, 0.05) is 27.7 Å². The summed E-state index contributed by atoms with van der Waals surface area (Å²) >= 11 is 12.1. The highest BCUT2D eigenvalue weighted by Crippen LogP contribution is 2.26. The molecular formula is C15H17Cl2NO. The minimum Gasteiger partial charge on any atom is -0.350 e. The number of carbonyl (C=O) groups is 1. The van der Waals surface area contributed by atoms with Gasteiger partial charge in [-0.15, -0.1) is 0 Å². The topological polar surface area (TPSA) is 29.1 Å². The van der Waals surface area contributed by atoms with E-state index in [1.807, 2.05) is 0 Å². The minimum absolute atomic E-state index is 0.0879. The van der Waals surface area contributed by atoms with Gasteiger partial charge in [-0.2, -0.15) is 0 Å². The summed E-state index contributed by atoms with van der Waals surface area (Å²) in [5.41, 5.74) is 0.681. The molecule has 19 heavy (non-hydrogen) atoms. The van der Waals surface area contributed by atoms with E-state index in [0.29, 0.717) is 27.6 Å². The van der Waals surface area contributed by atoms with Crippen LogP contribution in [0.15, 0.2) is 24.3 Å². The van der Waals surface area contributed by atoms with Gasteiger partial charge in [-0.05, 0) is 43.4 Å². The van der Waals surface area contributed by atoms with Crippen molar-refractivity contribution in [3.63, 3.8) is 0 Å². The Bertz CT molecular complexity index is 479. The largest absolute Gasteiger partial charge is 0.350 e. The lowest BCUT2D eigenvalue weighted by Gasteiger charge is -2.10. The van der Waals surface area contributed by atoms with Gasteiger partial charge in [0.05, 0.1) is 0 Å². The van der Waals surface area contributed by atoms with Crippen LogP contribution in [-0.4, -0.2) is 11.9 Å². The number of benzene rings is 1. The first-order chi connectivity index (χ1) is 9.06. The molecule has 1 fully saturated rings. The van der Waals surface area contributed by atoms with Crippen molar-refractivity contribution in [1.82, 2.24) is 5.32 Å². The Hall–Kier alpha value is -0.990. The second kappa shape index (κ2) is 6.44. The lowest BCUT2D eigenvalue weighted by Crippen LogP contribution is -2.31. The summed E-state index contributed by atoms with van der Waals surface area (Å²) in [6, 6.07) is 5.59. The van der Waals surface area contributed by atoms with Gasteiger partial charge in [0.25, 0.3) is 0 Å². The first-order valence-corrected chi connectivity index (χ1v) is 7.24. The molecule has 2 unspecified atom stereocenters. The maximum Gasteiger partial charge on any atom is 0.244 e. The molecule has 102 valence electrons. The summed E-state index contributed by atoms with van der Waals surface area (Å²) in [6.07, 6.45) is 6.47. The number of halogens is 2. The van der Waals surface area contributed by atoms with Gasteiger partial charge in [0.1, 0.15) is 0 Å². The van der Waals surface area contributed by atoms with Crippen molar-refractivity contribution in [2.45, 2.75) is 32.2 Å². The smallest absolute Gasteiger partial charge is 0.244 e. The maximum atomic E-state index is 11.8. The van der Waals surface area contributed by atoms with Crippen molar-refractivity contribution in [1.29, 1.82) is 0 Å². The fraction of sp³-hybridized carbons (Fsp3) is 0.400. The molecule has 4 heteroatoms. The standard InChI is InChI=1S/C15H17Cl2NO/c1-10-5-6-11(9-10)18-15(19)8-7-12-13(16)3-2-4-14(12)17/h2-4,7-8,10-11H,5-6,9H2,1H3,(H,18,19)/b8-7+. The van der Waals surface area contributed by atoms with Crippen molar-refractivity contribution < 1.29 is 4.79 Å². The zero-order valence-electron chi connectivity index (χ0n) is 10.8. The van der Waals surface area contributed by atoms with Gasteiger partial charge in [-0.25, -0.2) is 0 Å². The molecule has 2 atom stereocenters. The van der Waals surface area contributed by atoms with Crippen molar-refractivity contribution in [2.75, 3.05) is 0 Å². The molecule has 0 spiro atoms. The predicted octanol–water partition coefficient (Wildman–Crippen LogP) is 4.31. The van der Waals surface area contributed by atoms with Crippen LogP contribution in [-0.2, 0) is 4.79 Å². The van der Waals surface area contributed by atoms with Crippen LogP contribution in [0.4, 0.5) is 0 Å². The lowest BCUT2D eigenvalue weighted by atomic mass is 10.1. The molecule has 1 saturated carbocycles. The molecule has 1 N–H and O–H groups in total. The van der Waals surface area contributed by atoms with Crippen LogP contribution in [0.25, 0.3) is 6.08 Å². The fourth-order valence-corrected chi connectivity index (χ4v) is 2.94. The van der Waals surface area contributed by atoms with E-state index >= 15 is 0 Å². The van der Waals surface area contributed by atoms with Crippen LogP contribution in [0.1, 0.15) is 31.7 Å². The summed E-state index contributed by atoms with van der Waals surface area (Å²) in [5.74, 6) is 0.613. The Labute approximate surface area is 123 Å². The Morgan fingerprint density at radius 2 is 2.00 bits per heavy atom. The molecule has 1 aliphatic carbocycles. The second-order valence-corrected chi connectivity index (χ2v) is 5.91. The molecular weight excluding hydrogens is 281 g/mol. The molecule has 1 amide bonds. The van der Waals surface area contributed by atoms with Crippen molar-refractivity contribution >= 4 is 35.2 Å². The van der Waals surface area contributed by atoms with Crippen molar-refractivity contribution in [3.05, 3.63) is 39.9 Å². The van der Waals surface area contributed by atoms with Gasteiger partial charge in [-0.1, -0.05) is 36.2 Å². The van der Waals surface area contributed by atoms with Crippen molar-refractivity contribution in [2.24, 2.45) is 5.92 Å². The molecule has 1 aliphatic rings. The molecule has 2 nitrogen and oxygen atoms in total. The predicted molar refractivity (Wildman–Crippen MR) is 80.4 cm³/mol. The van der Waals surface area contributed by atoms with Gasteiger partial charge in [0.15, 0.2) is 0 Å². The van der Waals surface area contributed by atoms with E-state index in [1.54, 1.807) is 24.3 Å². The number of rotatable bonds is 3. The number of hydrogen-bond donors (Lipinski definition) is 1. The normalized spacial score (nSPS) is 22.9. The molecule has 0 aliphatic heterocycles. The summed E-state index contributed by atoms with van der Waals surface area (Å²) in [5, 5.41) is 4.10. The SMILES string of the molecule is CC1CCC(NC(=O)/C=C/c2c(Cl)cccc2Cl)C1. The van der Waals surface area contributed by atoms with Crippen LogP contribution in [0.5, 0.6) is 0 Å². The number of carbonyl (C=O) groups excluding carboxylic acids is 1. The highest BCUT2D eigenvalue weighted by molar-refractivity contribution is 6.37. The van der Waals surface area contributed by atoms with Gasteiger partial charge in [0.2, 0.25) is 5.91 Å². The molecule has 0 bridgehead atoms. The molecule has 0 aromatic heterocycles. The maximum absolute atomic E-state index is 11.8. The number of amides is 1. The van der Waals surface area contributed by atoms with E-state index in [4.69, 9.17) is 23.2 Å². The monoisotopic (exact) mass is 297 g/mol. The van der Waals surface area contributed by atoms with Crippen LogP contribution in [0, 0.1) is 5.92 Å². The summed E-state index contributed by atoms with van der Waals surface area (Å²) < 4.78 is 0. The van der Waals surface area contributed by atoms with Gasteiger partial charge in [-0.3, -0.25) is 4.79 Å². The third-order valence-corrected chi connectivity index (χ3v) is 4.10. The lowest BCUT2D eigenvalue weighted by molar-refractivity contribution is -0.117. The first kappa shape index (κ1) is 14.4. The van der Waals surface area contributed by atoms with E-state index in [1.165, 1.54) is 12.5 Å². The summed E-state index contributed by atoms with van der Waals surface area (Å²) in [7, 11) is 0. The Balaban J connectivity index is 1.96. The Morgan fingerprint density at radius 3 is 2.58 bits per heavy atom. The van der Waals surface area contributed by atoms with Gasteiger partial charge < -0.3 is 5.32 Å². The van der Waals surface area contributed by atoms with Gasteiger partial charge >= 0.3 is 0 Å². The third-order valence-electron chi connectivity index (χ3n) is 3.44. The highest BCUT2D eigenvalue weighted by Gasteiger charge is 2.21.